The smallest absolute Gasteiger partial charge is 0.253 e. The summed E-state index contributed by atoms with van der Waals surface area (Å²) in [6.07, 6.45) is 8.31. The van der Waals surface area contributed by atoms with E-state index in [4.69, 9.17) is 4.98 Å². The molecule has 1 atom stereocenters. The fourth-order valence-corrected chi connectivity index (χ4v) is 4.85. The number of amides is 1. The maximum Gasteiger partial charge on any atom is 0.253 e. The highest BCUT2D eigenvalue weighted by Gasteiger charge is 2.26. The van der Waals surface area contributed by atoms with Crippen molar-refractivity contribution in [3.05, 3.63) is 59.0 Å². The average Bonchev–Trinajstić information content (AvgIpc) is 3.30. The van der Waals surface area contributed by atoms with E-state index in [1.165, 1.54) is 24.0 Å². The third-order valence-electron chi connectivity index (χ3n) is 5.97. The molecule has 5 heterocycles. The van der Waals surface area contributed by atoms with Crippen LogP contribution in [0.25, 0.3) is 21.9 Å². The zero-order chi connectivity index (χ0) is 23.2. The van der Waals surface area contributed by atoms with Crippen LogP contribution in [-0.4, -0.2) is 50.7 Å². The first-order valence-corrected chi connectivity index (χ1v) is 11.9. The van der Waals surface area contributed by atoms with Gasteiger partial charge in [0.2, 0.25) is 0 Å². The van der Waals surface area contributed by atoms with Gasteiger partial charge in [-0.3, -0.25) is 9.20 Å². The van der Waals surface area contributed by atoms with Crippen LogP contribution in [0.4, 0.5) is 0 Å². The molecule has 0 spiro atoms. The molecule has 1 amide bonds. The minimum atomic E-state index is -0.338. The van der Waals surface area contributed by atoms with Crippen molar-refractivity contribution in [3.63, 3.8) is 0 Å². The summed E-state index contributed by atoms with van der Waals surface area (Å²) >= 11 is 1.68. The van der Waals surface area contributed by atoms with E-state index in [-0.39, 0.29) is 11.9 Å². The van der Waals surface area contributed by atoms with Crippen LogP contribution in [0.5, 0.6) is 0 Å². The van der Waals surface area contributed by atoms with E-state index in [0.717, 1.165) is 22.8 Å². The summed E-state index contributed by atoms with van der Waals surface area (Å²) in [6.45, 7) is 3.92. The Kier molecular flexibility index (Phi) is 4.94. The third kappa shape index (κ3) is 3.75. The summed E-state index contributed by atoms with van der Waals surface area (Å²) in [5.41, 5.74) is 2.73. The number of aromatic amines is 1. The number of nitrogens with zero attached hydrogens (tertiary/aromatic N) is 8. The van der Waals surface area contributed by atoms with Gasteiger partial charge in [0.15, 0.2) is 17.3 Å². The minimum absolute atomic E-state index is 0.245. The number of carbonyl (C=O) groups excluding carboxylic acids is 1. The molecule has 2 N–H and O–H groups in total. The minimum Gasteiger partial charge on any atom is -0.342 e. The van der Waals surface area contributed by atoms with Crippen LogP contribution in [0.3, 0.4) is 0 Å². The monoisotopic (exact) mass is 474 g/mol. The average molecular weight is 475 g/mol. The molecule has 1 fully saturated rings. The van der Waals surface area contributed by atoms with Gasteiger partial charge in [-0.2, -0.15) is 4.68 Å². The second-order valence-corrected chi connectivity index (χ2v) is 9.87. The number of imidazole rings is 1. The molecule has 5 aromatic heterocycles. The van der Waals surface area contributed by atoms with Crippen LogP contribution in [0.15, 0.2) is 36.9 Å². The summed E-state index contributed by atoms with van der Waals surface area (Å²) in [4.78, 5) is 23.2. The van der Waals surface area contributed by atoms with Crippen molar-refractivity contribution in [1.82, 2.24) is 50.1 Å². The van der Waals surface area contributed by atoms with Gasteiger partial charge in [-0.1, -0.05) is 0 Å². The van der Waals surface area contributed by atoms with Crippen molar-refractivity contribution in [2.75, 3.05) is 0 Å². The second kappa shape index (κ2) is 8.13. The summed E-state index contributed by atoms with van der Waals surface area (Å²) in [6, 6.07) is 5.60. The molecule has 0 aromatic carbocycles. The van der Waals surface area contributed by atoms with Gasteiger partial charge in [0.1, 0.15) is 12.0 Å². The standard InChI is InChI=1S/C22H22N10OS/c1-12-3-6-18(34-12)17-9-23-21-16(32-19(27-29-30-32)7-14-4-5-14)8-15(10-31(17)21)22(33)26-13(2)20-24-11-25-28-20/h3,6,8-11,13-14H,4-5,7H2,1-2H3,(H,26,33)(H,24,25,28). The van der Waals surface area contributed by atoms with E-state index in [9.17, 15) is 4.79 Å². The topological polar surface area (TPSA) is 132 Å². The van der Waals surface area contributed by atoms with Gasteiger partial charge in [0.25, 0.3) is 5.91 Å². The van der Waals surface area contributed by atoms with Gasteiger partial charge in [-0.15, -0.1) is 26.6 Å². The van der Waals surface area contributed by atoms with Crippen LogP contribution in [0.1, 0.15) is 52.7 Å². The maximum absolute atomic E-state index is 13.3. The zero-order valence-electron chi connectivity index (χ0n) is 18.6. The van der Waals surface area contributed by atoms with Crippen LogP contribution < -0.4 is 5.32 Å². The number of tetrazole rings is 1. The Morgan fingerprint density at radius 2 is 2.21 bits per heavy atom. The number of aromatic nitrogens is 9. The molecule has 0 radical (unpaired) electrons. The molecule has 172 valence electrons. The van der Waals surface area contributed by atoms with E-state index in [1.807, 2.05) is 23.7 Å². The molecule has 1 saturated carbocycles. The van der Waals surface area contributed by atoms with Gasteiger partial charge in [0.05, 0.1) is 28.4 Å². The SMILES string of the molecule is Cc1ccc(-c2cnc3c(-n4nnnc4CC4CC4)cc(C(=O)NC(C)c4nnc[nH]4)cn23)s1. The predicted molar refractivity (Wildman–Crippen MR) is 125 cm³/mol. The summed E-state index contributed by atoms with van der Waals surface area (Å²) in [5, 5.41) is 23.2. The molecule has 0 aliphatic heterocycles. The lowest BCUT2D eigenvalue weighted by Gasteiger charge is -2.13. The Balaban J connectivity index is 1.47. The molecule has 6 rings (SSSR count). The second-order valence-electron chi connectivity index (χ2n) is 8.59. The van der Waals surface area contributed by atoms with Gasteiger partial charge in [0, 0.05) is 17.5 Å². The number of thiophene rings is 1. The molecule has 5 aromatic rings. The zero-order valence-corrected chi connectivity index (χ0v) is 19.5. The Morgan fingerprint density at radius 1 is 1.32 bits per heavy atom. The lowest BCUT2D eigenvalue weighted by molar-refractivity contribution is 0.0938. The lowest BCUT2D eigenvalue weighted by atomic mass is 10.2. The Bertz CT molecular complexity index is 1480. The van der Waals surface area contributed by atoms with Crippen LogP contribution in [-0.2, 0) is 6.42 Å². The van der Waals surface area contributed by atoms with Gasteiger partial charge in [-0.05, 0) is 61.2 Å². The summed E-state index contributed by atoms with van der Waals surface area (Å²) in [7, 11) is 0. The number of pyridine rings is 1. The Hall–Kier alpha value is -3.93. The number of rotatable bonds is 7. The molecular formula is C22H22N10OS. The summed E-state index contributed by atoms with van der Waals surface area (Å²) in [5.74, 6) is 1.72. The molecule has 1 aliphatic carbocycles. The van der Waals surface area contributed by atoms with Crippen molar-refractivity contribution in [2.24, 2.45) is 5.92 Å². The molecule has 1 unspecified atom stereocenters. The first-order chi connectivity index (χ1) is 16.6. The Morgan fingerprint density at radius 3 is 2.94 bits per heavy atom. The van der Waals surface area contributed by atoms with Crippen molar-refractivity contribution >= 4 is 22.9 Å². The number of aryl methyl sites for hydroxylation is 1. The largest absolute Gasteiger partial charge is 0.342 e. The first-order valence-electron chi connectivity index (χ1n) is 11.1. The lowest BCUT2D eigenvalue weighted by Crippen LogP contribution is -2.28. The molecule has 11 nitrogen and oxygen atoms in total. The van der Waals surface area contributed by atoms with Crippen molar-refractivity contribution in [1.29, 1.82) is 0 Å². The van der Waals surface area contributed by atoms with E-state index in [1.54, 1.807) is 22.1 Å². The fourth-order valence-electron chi connectivity index (χ4n) is 3.98. The normalized spacial score (nSPS) is 14.5. The van der Waals surface area contributed by atoms with Crippen LogP contribution >= 0.6 is 11.3 Å². The highest BCUT2D eigenvalue weighted by atomic mass is 32.1. The number of hydrogen-bond donors (Lipinski definition) is 2. The van der Waals surface area contributed by atoms with Crippen molar-refractivity contribution in [3.8, 4) is 16.3 Å². The van der Waals surface area contributed by atoms with E-state index in [2.05, 4.69) is 55.1 Å². The maximum atomic E-state index is 13.3. The molecule has 34 heavy (non-hydrogen) atoms. The quantitative estimate of drug-likeness (QED) is 0.371. The molecule has 12 heteroatoms. The van der Waals surface area contributed by atoms with Gasteiger partial charge < -0.3 is 10.3 Å². The van der Waals surface area contributed by atoms with E-state index in [0.29, 0.717) is 28.6 Å². The van der Waals surface area contributed by atoms with Crippen LogP contribution in [0, 0.1) is 12.8 Å². The van der Waals surface area contributed by atoms with E-state index < -0.39 is 0 Å². The highest BCUT2D eigenvalue weighted by molar-refractivity contribution is 7.15. The number of H-pyrrole nitrogens is 1. The molecule has 0 saturated heterocycles. The highest BCUT2D eigenvalue weighted by Crippen LogP contribution is 2.33. The Labute approximate surface area is 198 Å². The predicted octanol–water partition coefficient (Wildman–Crippen LogP) is 2.91. The molecule has 1 aliphatic rings. The third-order valence-corrected chi connectivity index (χ3v) is 6.99. The molecule has 0 bridgehead atoms. The number of carbonyl (C=O) groups is 1. The van der Waals surface area contributed by atoms with E-state index >= 15 is 0 Å². The fraction of sp³-hybridized carbons (Fsp3) is 0.318. The number of hydrogen-bond acceptors (Lipinski definition) is 8. The molecular weight excluding hydrogens is 452 g/mol. The van der Waals surface area contributed by atoms with Crippen molar-refractivity contribution in [2.45, 2.75) is 39.2 Å². The van der Waals surface area contributed by atoms with Crippen LogP contribution in [0.2, 0.25) is 0 Å². The van der Waals surface area contributed by atoms with Gasteiger partial charge in [-0.25, -0.2) is 4.98 Å². The number of fused-ring (bicyclic) bond motifs is 1. The first kappa shape index (κ1) is 20.7. The van der Waals surface area contributed by atoms with Crippen molar-refractivity contribution < 1.29 is 4.79 Å². The summed E-state index contributed by atoms with van der Waals surface area (Å²) < 4.78 is 3.65. The number of nitrogens with one attached hydrogen (secondary N) is 2. The van der Waals surface area contributed by atoms with Gasteiger partial charge >= 0.3 is 0 Å².